The molecular weight excluding hydrogens is 383 g/mol. The summed E-state index contributed by atoms with van der Waals surface area (Å²) in [5.41, 5.74) is 0. The SMILES string of the molecule is O=S(=O)(O)c1ccc2c(O)c3cc(S(=O)(=O)O)ccc3c(O)c2c1.[NaH]. The molecule has 0 spiro atoms. The quantitative estimate of drug-likeness (QED) is 0.220. The molecule has 0 unspecified atom stereocenters. The Kier molecular flexibility index (Phi) is 5.10. The summed E-state index contributed by atoms with van der Waals surface area (Å²) < 4.78 is 63.0. The zero-order valence-corrected chi connectivity index (χ0v) is 13.3. The van der Waals surface area contributed by atoms with Gasteiger partial charge in [0.15, 0.2) is 0 Å². The van der Waals surface area contributed by atoms with Crippen molar-refractivity contribution in [3.8, 4) is 11.5 Å². The van der Waals surface area contributed by atoms with Crippen LogP contribution in [-0.4, -0.2) is 65.7 Å². The van der Waals surface area contributed by atoms with Crippen LogP contribution in [0.15, 0.2) is 46.2 Å². The molecule has 8 nitrogen and oxygen atoms in total. The van der Waals surface area contributed by atoms with Crippen LogP contribution in [0.5, 0.6) is 11.5 Å². The van der Waals surface area contributed by atoms with E-state index in [0.29, 0.717) is 0 Å². The topological polar surface area (TPSA) is 149 Å². The Balaban J connectivity index is 0.00000225. The van der Waals surface area contributed by atoms with E-state index in [1.807, 2.05) is 0 Å². The number of benzene rings is 3. The van der Waals surface area contributed by atoms with Gasteiger partial charge < -0.3 is 10.2 Å². The molecule has 0 aliphatic carbocycles. The van der Waals surface area contributed by atoms with Crippen LogP contribution < -0.4 is 0 Å². The van der Waals surface area contributed by atoms with Crippen molar-refractivity contribution in [1.82, 2.24) is 0 Å². The number of phenols is 2. The number of aromatic hydroxyl groups is 2. The second-order valence-electron chi connectivity index (χ2n) is 5.06. The molecule has 0 aromatic heterocycles. The molecule has 3 rings (SSSR count). The van der Waals surface area contributed by atoms with Crippen molar-refractivity contribution in [2.75, 3.05) is 0 Å². The number of rotatable bonds is 2. The molecule has 4 N–H and O–H groups in total. The molecule has 3 aromatic rings. The van der Waals surface area contributed by atoms with E-state index in [9.17, 15) is 27.0 Å². The van der Waals surface area contributed by atoms with E-state index in [1.54, 1.807) is 0 Å². The van der Waals surface area contributed by atoms with Crippen LogP contribution in [0.2, 0.25) is 0 Å². The second-order valence-corrected chi connectivity index (χ2v) is 7.91. The molecule has 25 heavy (non-hydrogen) atoms. The molecule has 0 heterocycles. The van der Waals surface area contributed by atoms with Gasteiger partial charge in [-0.3, -0.25) is 9.11 Å². The van der Waals surface area contributed by atoms with E-state index < -0.39 is 41.5 Å². The first kappa shape index (κ1) is 19.9. The number of hydrogen-bond acceptors (Lipinski definition) is 6. The van der Waals surface area contributed by atoms with Crippen LogP contribution >= 0.6 is 0 Å². The van der Waals surface area contributed by atoms with Gasteiger partial charge in [0.05, 0.1) is 9.79 Å². The normalized spacial score (nSPS) is 12.2. The molecule has 0 saturated heterocycles. The van der Waals surface area contributed by atoms with E-state index in [0.717, 1.165) is 36.4 Å². The monoisotopic (exact) mass is 394 g/mol. The van der Waals surface area contributed by atoms with Crippen LogP contribution in [0.3, 0.4) is 0 Å². The van der Waals surface area contributed by atoms with Crippen molar-refractivity contribution in [3.63, 3.8) is 0 Å². The van der Waals surface area contributed by atoms with E-state index in [2.05, 4.69) is 0 Å². The van der Waals surface area contributed by atoms with Gasteiger partial charge in [0.2, 0.25) is 0 Å². The van der Waals surface area contributed by atoms with Crippen LogP contribution in [0.1, 0.15) is 0 Å². The van der Waals surface area contributed by atoms with Gasteiger partial charge in [-0.1, -0.05) is 0 Å². The standard InChI is InChI=1S/C14H10O8S2.Na.H/c15-13-9-3-1-7(23(17,18)19)5-11(9)14(16)10-4-2-8(6-12(10)13)24(20,21)22;;/h1-6,15-16H,(H,17,18,19)(H,20,21,22);;. The predicted octanol–water partition coefficient (Wildman–Crippen LogP) is 1.25. The van der Waals surface area contributed by atoms with E-state index in [4.69, 9.17) is 9.11 Å². The minimum absolute atomic E-state index is 0. The van der Waals surface area contributed by atoms with Crippen molar-refractivity contribution in [2.45, 2.75) is 9.79 Å². The van der Waals surface area contributed by atoms with Gasteiger partial charge in [-0.25, -0.2) is 0 Å². The molecule has 0 amide bonds. The van der Waals surface area contributed by atoms with Gasteiger partial charge in [-0.05, 0) is 36.4 Å². The van der Waals surface area contributed by atoms with Crippen molar-refractivity contribution in [2.24, 2.45) is 0 Å². The fraction of sp³-hybridized carbons (Fsp3) is 0. The first-order valence-electron chi connectivity index (χ1n) is 6.36. The van der Waals surface area contributed by atoms with Gasteiger partial charge in [-0.2, -0.15) is 16.8 Å². The molecular formula is C14H11NaO8S2. The minimum atomic E-state index is -4.51. The fourth-order valence-corrected chi connectivity index (χ4v) is 3.48. The third-order valence-corrected chi connectivity index (χ3v) is 5.30. The van der Waals surface area contributed by atoms with Gasteiger partial charge >= 0.3 is 29.6 Å². The van der Waals surface area contributed by atoms with Gasteiger partial charge in [0, 0.05) is 21.5 Å². The summed E-state index contributed by atoms with van der Waals surface area (Å²) in [4.78, 5) is -0.947. The summed E-state index contributed by atoms with van der Waals surface area (Å²) in [5.74, 6) is -0.824. The Bertz CT molecular complexity index is 1120. The molecule has 128 valence electrons. The maximum atomic E-state index is 11.2. The summed E-state index contributed by atoms with van der Waals surface area (Å²) >= 11 is 0. The Morgan fingerprint density at radius 1 is 0.600 bits per heavy atom. The average molecular weight is 394 g/mol. The average Bonchev–Trinajstić information content (AvgIpc) is 2.49. The Labute approximate surface area is 164 Å². The number of fused-ring (bicyclic) bond motifs is 2. The Morgan fingerprint density at radius 2 is 0.920 bits per heavy atom. The summed E-state index contributed by atoms with van der Waals surface area (Å²) in [6, 6.07) is 6.33. The molecule has 0 radical (unpaired) electrons. The molecule has 0 aliphatic rings. The molecule has 0 atom stereocenters. The van der Waals surface area contributed by atoms with Crippen LogP contribution in [-0.2, 0) is 20.2 Å². The summed E-state index contributed by atoms with van der Waals surface area (Å²) in [5, 5.41) is 20.6. The maximum absolute atomic E-state index is 11.2. The van der Waals surface area contributed by atoms with Crippen LogP contribution in [0, 0.1) is 0 Å². The van der Waals surface area contributed by atoms with Gasteiger partial charge in [-0.15, -0.1) is 0 Å². The zero-order valence-electron chi connectivity index (χ0n) is 11.7. The Morgan fingerprint density at radius 3 is 1.20 bits per heavy atom. The zero-order chi connectivity index (χ0) is 17.9. The number of phenolic OH excluding ortho intramolecular Hbond substituents is 2. The first-order chi connectivity index (χ1) is 11.0. The second kappa shape index (κ2) is 6.40. The predicted molar refractivity (Wildman–Crippen MR) is 91.6 cm³/mol. The third kappa shape index (κ3) is 3.47. The fourth-order valence-electron chi connectivity index (χ4n) is 2.46. The molecule has 0 bridgehead atoms. The Hall–Kier alpha value is -1.40. The molecule has 11 heteroatoms. The van der Waals surface area contributed by atoms with Crippen LogP contribution in [0.4, 0.5) is 0 Å². The van der Waals surface area contributed by atoms with Crippen LogP contribution in [0.25, 0.3) is 21.5 Å². The van der Waals surface area contributed by atoms with Crippen molar-refractivity contribution in [1.29, 1.82) is 0 Å². The van der Waals surface area contributed by atoms with Gasteiger partial charge in [0.1, 0.15) is 11.5 Å². The van der Waals surface area contributed by atoms with E-state index in [1.165, 1.54) is 0 Å². The first-order valence-corrected chi connectivity index (χ1v) is 9.24. The van der Waals surface area contributed by atoms with Crippen molar-refractivity contribution >= 4 is 71.3 Å². The third-order valence-electron chi connectivity index (χ3n) is 3.60. The number of hydrogen-bond donors (Lipinski definition) is 4. The van der Waals surface area contributed by atoms with Crippen molar-refractivity contribution in [3.05, 3.63) is 36.4 Å². The molecule has 0 saturated carbocycles. The summed E-state index contributed by atoms with van der Waals surface area (Å²) in [7, 11) is -9.02. The van der Waals surface area contributed by atoms with E-state index >= 15 is 0 Å². The molecule has 0 fully saturated rings. The van der Waals surface area contributed by atoms with Gasteiger partial charge in [0.25, 0.3) is 20.2 Å². The van der Waals surface area contributed by atoms with E-state index in [-0.39, 0.29) is 51.1 Å². The van der Waals surface area contributed by atoms with Crippen molar-refractivity contribution < 1.29 is 36.2 Å². The summed E-state index contributed by atoms with van der Waals surface area (Å²) in [6.07, 6.45) is 0. The summed E-state index contributed by atoms with van der Waals surface area (Å²) in [6.45, 7) is 0. The molecule has 0 aliphatic heterocycles. The molecule has 3 aromatic carbocycles.